The first kappa shape index (κ1) is 26.9. The molecule has 2 aliphatic carbocycles. The minimum atomic E-state index is -1.01. The molecule has 4 N–H and O–H groups in total. The molecule has 11 heteroatoms. The minimum Gasteiger partial charge on any atom is -0.457 e. The van der Waals surface area contributed by atoms with Crippen LogP contribution in [0.15, 0.2) is 59.8 Å². The fourth-order valence-corrected chi connectivity index (χ4v) is 6.19. The van der Waals surface area contributed by atoms with Gasteiger partial charge in [-0.05, 0) is 61.4 Å². The molecular weight excluding hydrogens is 528 g/mol. The summed E-state index contributed by atoms with van der Waals surface area (Å²) >= 11 is 1.57. The van der Waals surface area contributed by atoms with Gasteiger partial charge >= 0.3 is 0 Å². The predicted octanol–water partition coefficient (Wildman–Crippen LogP) is 4.15. The molecule has 0 aliphatic heterocycles. The van der Waals surface area contributed by atoms with Crippen LogP contribution in [-0.2, 0) is 0 Å². The van der Waals surface area contributed by atoms with Crippen molar-refractivity contribution in [1.82, 2.24) is 25.0 Å². The third-order valence-electron chi connectivity index (χ3n) is 7.72. The Hall–Kier alpha value is -3.25. The lowest BCUT2D eigenvalue weighted by Gasteiger charge is -2.17. The van der Waals surface area contributed by atoms with Gasteiger partial charge in [0.15, 0.2) is 22.1 Å². The summed E-state index contributed by atoms with van der Waals surface area (Å²) in [5, 5.41) is 43.7. The molecule has 0 bridgehead atoms. The molecule has 2 aromatic carbocycles. The molecule has 2 unspecified atom stereocenters. The molecule has 0 saturated heterocycles. The number of anilines is 1. The third kappa shape index (κ3) is 5.51. The molecular formula is C29H34N6O4S. The number of ether oxygens (including phenoxy) is 1. The van der Waals surface area contributed by atoms with Crippen LogP contribution in [0.4, 0.5) is 5.82 Å². The van der Waals surface area contributed by atoms with E-state index in [1.807, 2.05) is 42.5 Å². The summed E-state index contributed by atoms with van der Waals surface area (Å²) in [7, 11) is 0. The van der Waals surface area contributed by atoms with Gasteiger partial charge in [-0.1, -0.05) is 54.2 Å². The van der Waals surface area contributed by atoms with E-state index in [9.17, 15) is 15.3 Å². The number of aliphatic hydroxyl groups is 3. The Labute approximate surface area is 236 Å². The van der Waals surface area contributed by atoms with E-state index >= 15 is 0 Å². The Morgan fingerprint density at radius 2 is 1.77 bits per heavy atom. The molecule has 4 aromatic rings. The Morgan fingerprint density at radius 3 is 2.52 bits per heavy atom. The van der Waals surface area contributed by atoms with Crippen molar-refractivity contribution in [3.05, 3.63) is 60.2 Å². The van der Waals surface area contributed by atoms with Crippen LogP contribution in [-0.4, -0.2) is 70.9 Å². The minimum absolute atomic E-state index is 0.0430. The summed E-state index contributed by atoms with van der Waals surface area (Å²) in [5.41, 5.74) is 2.31. The highest BCUT2D eigenvalue weighted by Crippen LogP contribution is 2.44. The molecule has 6 rings (SSSR count). The number of thioether (sulfide) groups is 1. The predicted molar refractivity (Wildman–Crippen MR) is 153 cm³/mol. The zero-order valence-electron chi connectivity index (χ0n) is 22.3. The van der Waals surface area contributed by atoms with Crippen molar-refractivity contribution in [1.29, 1.82) is 0 Å². The van der Waals surface area contributed by atoms with Crippen LogP contribution < -0.4 is 10.1 Å². The number of hydrogen-bond acceptors (Lipinski definition) is 10. The van der Waals surface area contributed by atoms with Crippen molar-refractivity contribution >= 4 is 28.7 Å². The van der Waals surface area contributed by atoms with Gasteiger partial charge in [-0.3, -0.25) is 0 Å². The van der Waals surface area contributed by atoms with Crippen LogP contribution in [0.2, 0.25) is 0 Å². The first-order valence-electron chi connectivity index (χ1n) is 13.9. The number of aliphatic hydroxyl groups excluding tert-OH is 3. The van der Waals surface area contributed by atoms with Gasteiger partial charge < -0.3 is 25.4 Å². The summed E-state index contributed by atoms with van der Waals surface area (Å²) in [5.74, 6) is 3.23. The third-order valence-corrected chi connectivity index (χ3v) is 8.78. The normalized spacial score (nSPS) is 25.8. The number of benzene rings is 2. The van der Waals surface area contributed by atoms with E-state index in [-0.39, 0.29) is 18.6 Å². The average Bonchev–Trinajstić information content (AvgIpc) is 3.52. The lowest BCUT2D eigenvalue weighted by Crippen LogP contribution is -2.30. The molecule has 2 fully saturated rings. The van der Waals surface area contributed by atoms with Gasteiger partial charge in [-0.25, -0.2) is 14.6 Å². The highest BCUT2D eigenvalue weighted by Gasteiger charge is 2.44. The number of rotatable bonds is 11. The van der Waals surface area contributed by atoms with Gasteiger partial charge in [0.25, 0.3) is 0 Å². The van der Waals surface area contributed by atoms with Crippen LogP contribution in [0.25, 0.3) is 11.2 Å². The van der Waals surface area contributed by atoms with Crippen LogP contribution in [0.3, 0.4) is 0 Å². The zero-order valence-corrected chi connectivity index (χ0v) is 23.1. The lowest BCUT2D eigenvalue weighted by atomic mass is 10.0. The van der Waals surface area contributed by atoms with Gasteiger partial charge in [0.1, 0.15) is 17.6 Å². The molecule has 0 radical (unpaired) electrons. The first-order valence-corrected chi connectivity index (χ1v) is 14.9. The Kier molecular flexibility index (Phi) is 7.88. The second kappa shape index (κ2) is 11.7. The van der Waals surface area contributed by atoms with E-state index in [0.717, 1.165) is 30.1 Å². The topological polar surface area (TPSA) is 138 Å². The van der Waals surface area contributed by atoms with Gasteiger partial charge in [-0.15, -0.1) is 5.10 Å². The Bertz CT molecular complexity index is 1440. The number of fused-ring (bicyclic) bond motifs is 1. The van der Waals surface area contributed by atoms with E-state index in [0.29, 0.717) is 40.9 Å². The van der Waals surface area contributed by atoms with Gasteiger partial charge in [0.05, 0.1) is 12.1 Å². The average molecular weight is 563 g/mol. The van der Waals surface area contributed by atoms with Crippen molar-refractivity contribution in [3.8, 4) is 11.5 Å². The summed E-state index contributed by atoms with van der Waals surface area (Å²) in [6.07, 6.45) is 0.912. The maximum atomic E-state index is 10.8. The largest absolute Gasteiger partial charge is 0.457 e. The number of hydrogen-bond donors (Lipinski definition) is 4. The molecule has 2 aromatic heterocycles. The fourth-order valence-electron chi connectivity index (χ4n) is 5.49. The molecule has 0 spiro atoms. The van der Waals surface area contributed by atoms with Crippen LogP contribution in [0.5, 0.6) is 11.5 Å². The molecule has 40 heavy (non-hydrogen) atoms. The van der Waals surface area contributed by atoms with Crippen LogP contribution in [0.1, 0.15) is 50.1 Å². The quantitative estimate of drug-likeness (QED) is 0.156. The number of nitrogens with one attached hydrogen (secondary N) is 1. The number of aromatic nitrogens is 5. The SMILES string of the molecule is CCCSc1nc(NC2CC2c2ccc(Oc3ccccc3)cc2)c2nnn([C@H]3C[C@@H](CCO)[C@H](O)[C@@H]3O)c2n1. The van der Waals surface area contributed by atoms with Gasteiger partial charge in [0.2, 0.25) is 0 Å². The maximum absolute atomic E-state index is 10.8. The zero-order chi connectivity index (χ0) is 27.6. The standard InChI is InChI=1S/C29H34N6O4S/c1-2-14-40-29-31-27(24-28(32-29)35(34-33-24)23-15-18(12-13-36)25(37)26(23)38)30-22-16-21(22)17-8-10-20(11-9-17)39-19-6-4-3-5-7-19/h3-11,18,21-23,25-26,36-38H,2,12-16H2,1H3,(H,30,31,32)/t18-,21?,22?,23+,25+,26-/m1/s1. The van der Waals surface area contributed by atoms with Crippen molar-refractivity contribution in [2.75, 3.05) is 17.7 Å². The highest BCUT2D eigenvalue weighted by atomic mass is 32.2. The van der Waals surface area contributed by atoms with Crippen molar-refractivity contribution in [2.45, 2.75) is 68.0 Å². The molecule has 210 valence electrons. The first-order chi connectivity index (χ1) is 19.6. The van der Waals surface area contributed by atoms with Crippen molar-refractivity contribution < 1.29 is 20.1 Å². The summed E-state index contributed by atoms with van der Waals surface area (Å²) < 4.78 is 7.55. The lowest BCUT2D eigenvalue weighted by molar-refractivity contribution is 0.00107. The second-order valence-corrected chi connectivity index (χ2v) is 11.6. The van der Waals surface area contributed by atoms with Gasteiger partial charge in [0, 0.05) is 24.3 Å². The maximum Gasteiger partial charge on any atom is 0.191 e. The van der Waals surface area contributed by atoms with Crippen molar-refractivity contribution in [2.24, 2.45) is 5.92 Å². The monoisotopic (exact) mass is 562 g/mol. The fraction of sp³-hybridized carbons (Fsp3) is 0.448. The molecule has 2 saturated carbocycles. The van der Waals surface area contributed by atoms with E-state index in [2.05, 4.69) is 34.7 Å². The number of para-hydroxylation sites is 1. The van der Waals surface area contributed by atoms with Crippen molar-refractivity contribution in [3.63, 3.8) is 0 Å². The van der Waals surface area contributed by atoms with E-state index < -0.39 is 18.2 Å². The molecule has 0 amide bonds. The summed E-state index contributed by atoms with van der Waals surface area (Å²) in [6, 6.07) is 17.7. The molecule has 10 nitrogen and oxygen atoms in total. The van der Waals surface area contributed by atoms with E-state index in [4.69, 9.17) is 14.7 Å². The van der Waals surface area contributed by atoms with Crippen LogP contribution in [0, 0.1) is 5.92 Å². The highest BCUT2D eigenvalue weighted by molar-refractivity contribution is 7.99. The summed E-state index contributed by atoms with van der Waals surface area (Å²) in [6.45, 7) is 2.07. The van der Waals surface area contributed by atoms with E-state index in [1.165, 1.54) is 5.56 Å². The molecule has 6 atom stereocenters. The van der Waals surface area contributed by atoms with Crippen LogP contribution >= 0.6 is 11.8 Å². The van der Waals surface area contributed by atoms with E-state index in [1.54, 1.807) is 16.4 Å². The number of nitrogens with zero attached hydrogens (tertiary/aromatic N) is 5. The Balaban J connectivity index is 1.21. The van der Waals surface area contributed by atoms with Gasteiger partial charge in [-0.2, -0.15) is 0 Å². The summed E-state index contributed by atoms with van der Waals surface area (Å²) in [4.78, 5) is 9.54. The Morgan fingerprint density at radius 1 is 1.00 bits per heavy atom. The molecule has 2 aliphatic rings. The smallest absolute Gasteiger partial charge is 0.191 e. The molecule has 2 heterocycles. The second-order valence-electron chi connectivity index (χ2n) is 10.5.